The van der Waals surface area contributed by atoms with Crippen LogP contribution in [0.3, 0.4) is 0 Å². The lowest BCUT2D eigenvalue weighted by Gasteiger charge is -2.19. The van der Waals surface area contributed by atoms with Crippen molar-refractivity contribution in [3.8, 4) is 0 Å². The number of aromatic nitrogens is 3. The molecule has 128 valence electrons. The van der Waals surface area contributed by atoms with Crippen LogP contribution in [0, 0.1) is 17.8 Å². The van der Waals surface area contributed by atoms with Gasteiger partial charge in [-0.2, -0.15) is 0 Å². The molecule has 1 saturated heterocycles. The molecule has 1 aliphatic heterocycles. The Labute approximate surface area is 147 Å². The number of hydrogen-bond acceptors (Lipinski definition) is 5. The van der Waals surface area contributed by atoms with Crippen molar-refractivity contribution < 1.29 is 4.79 Å². The van der Waals surface area contributed by atoms with Crippen LogP contribution >= 0.6 is 0 Å². The summed E-state index contributed by atoms with van der Waals surface area (Å²) < 4.78 is 0. The molecule has 0 spiro atoms. The van der Waals surface area contributed by atoms with Gasteiger partial charge in [-0.05, 0) is 47.9 Å². The Hall–Kier alpha value is -2.76. The van der Waals surface area contributed by atoms with Crippen molar-refractivity contribution in [3.05, 3.63) is 54.6 Å². The van der Waals surface area contributed by atoms with Gasteiger partial charge in [0.05, 0.1) is 0 Å². The monoisotopic (exact) mass is 335 g/mol. The smallest absolute Gasteiger partial charge is 0.244 e. The highest BCUT2D eigenvalue weighted by Gasteiger charge is 2.55. The molecule has 2 aliphatic rings. The molecule has 1 amide bonds. The zero-order chi connectivity index (χ0) is 17.1. The van der Waals surface area contributed by atoms with Gasteiger partial charge in [-0.15, -0.1) is 0 Å². The fraction of sp³-hybridized carbons (Fsp3) is 0.368. The molecule has 1 aliphatic carbocycles. The van der Waals surface area contributed by atoms with Gasteiger partial charge >= 0.3 is 0 Å². The summed E-state index contributed by atoms with van der Waals surface area (Å²) in [7, 11) is 0. The molecule has 6 nitrogen and oxygen atoms in total. The van der Waals surface area contributed by atoms with Gasteiger partial charge < -0.3 is 10.2 Å². The maximum absolute atomic E-state index is 11.9. The third-order valence-corrected chi connectivity index (χ3v) is 5.09. The number of pyridine rings is 1. The summed E-state index contributed by atoms with van der Waals surface area (Å²) in [4.78, 5) is 26.8. The molecule has 1 N–H and O–H groups in total. The third-order valence-electron chi connectivity index (χ3n) is 5.09. The quantitative estimate of drug-likeness (QED) is 0.815. The highest BCUT2D eigenvalue weighted by atomic mass is 16.1. The normalized spacial score (nSPS) is 24.3. The van der Waals surface area contributed by atoms with E-state index in [1.807, 2.05) is 18.2 Å². The van der Waals surface area contributed by atoms with Gasteiger partial charge in [0, 0.05) is 50.5 Å². The molecular weight excluding hydrogens is 314 g/mol. The van der Waals surface area contributed by atoms with Crippen LogP contribution in [0.15, 0.2) is 49.1 Å². The van der Waals surface area contributed by atoms with Crippen molar-refractivity contribution in [2.45, 2.75) is 6.42 Å². The standard InChI is InChI=1S/C19H21N5O/c25-18(5-4-14-3-1-7-20-11-14)21-10-6-15-16-12-24(13-17(15)16)19-22-8-2-9-23-19/h1-5,7-9,11,15-17H,6,10,12-13H2,(H,21,25)/b5-4+/t15?,16-,17+. The molecule has 2 aromatic heterocycles. The second-order valence-corrected chi connectivity index (χ2v) is 6.64. The molecule has 25 heavy (non-hydrogen) atoms. The van der Waals surface area contributed by atoms with E-state index in [0.29, 0.717) is 0 Å². The van der Waals surface area contributed by atoms with E-state index < -0.39 is 0 Å². The molecule has 0 aromatic carbocycles. The van der Waals surface area contributed by atoms with Crippen LogP contribution in [-0.2, 0) is 4.79 Å². The lowest BCUT2D eigenvalue weighted by Crippen LogP contribution is -2.27. The van der Waals surface area contributed by atoms with E-state index in [2.05, 4.69) is 25.2 Å². The number of rotatable bonds is 6. The number of nitrogens with one attached hydrogen (secondary N) is 1. The first-order chi connectivity index (χ1) is 12.3. The summed E-state index contributed by atoms with van der Waals surface area (Å²) >= 11 is 0. The Morgan fingerprint density at radius 1 is 1.20 bits per heavy atom. The largest absolute Gasteiger partial charge is 0.353 e. The fourth-order valence-electron chi connectivity index (χ4n) is 3.76. The summed E-state index contributed by atoms with van der Waals surface area (Å²) in [6.45, 7) is 2.80. The zero-order valence-electron chi connectivity index (χ0n) is 14.0. The maximum Gasteiger partial charge on any atom is 0.244 e. The highest BCUT2D eigenvalue weighted by Crippen LogP contribution is 2.53. The summed E-state index contributed by atoms with van der Waals surface area (Å²) in [5.41, 5.74) is 0.928. The first kappa shape index (κ1) is 15.7. The summed E-state index contributed by atoms with van der Waals surface area (Å²) in [5.74, 6) is 2.97. The average Bonchev–Trinajstić information content (AvgIpc) is 3.11. The van der Waals surface area contributed by atoms with Crippen molar-refractivity contribution in [1.82, 2.24) is 20.3 Å². The Bertz CT molecular complexity index is 737. The summed E-state index contributed by atoms with van der Waals surface area (Å²) in [6.07, 6.45) is 11.4. The number of piperidine rings is 1. The van der Waals surface area contributed by atoms with E-state index in [9.17, 15) is 4.79 Å². The molecule has 6 heteroatoms. The average molecular weight is 335 g/mol. The second-order valence-electron chi connectivity index (χ2n) is 6.64. The van der Waals surface area contributed by atoms with Crippen LogP contribution in [0.25, 0.3) is 6.08 Å². The summed E-state index contributed by atoms with van der Waals surface area (Å²) in [5, 5.41) is 2.97. The van der Waals surface area contributed by atoms with Crippen LogP contribution in [-0.4, -0.2) is 40.5 Å². The van der Waals surface area contributed by atoms with Crippen molar-refractivity contribution in [2.24, 2.45) is 17.8 Å². The molecule has 0 radical (unpaired) electrons. The van der Waals surface area contributed by atoms with Gasteiger partial charge in [-0.3, -0.25) is 9.78 Å². The Morgan fingerprint density at radius 3 is 2.72 bits per heavy atom. The number of anilines is 1. The van der Waals surface area contributed by atoms with Gasteiger partial charge in [-0.25, -0.2) is 9.97 Å². The Kier molecular flexibility index (Phi) is 4.41. The van der Waals surface area contributed by atoms with Crippen molar-refractivity contribution in [2.75, 3.05) is 24.5 Å². The Balaban J connectivity index is 1.17. The second kappa shape index (κ2) is 7.01. The lowest BCUT2D eigenvalue weighted by molar-refractivity contribution is -0.116. The molecule has 3 heterocycles. The zero-order valence-corrected chi connectivity index (χ0v) is 14.0. The minimum absolute atomic E-state index is 0.0472. The van der Waals surface area contributed by atoms with E-state index in [-0.39, 0.29) is 5.91 Å². The Morgan fingerprint density at radius 2 is 2.00 bits per heavy atom. The lowest BCUT2D eigenvalue weighted by atomic mass is 10.2. The van der Waals surface area contributed by atoms with E-state index >= 15 is 0 Å². The van der Waals surface area contributed by atoms with Crippen LogP contribution in [0.2, 0.25) is 0 Å². The summed E-state index contributed by atoms with van der Waals surface area (Å²) in [6, 6.07) is 5.62. The minimum atomic E-state index is -0.0472. The van der Waals surface area contributed by atoms with Gasteiger partial charge in [0.25, 0.3) is 0 Å². The van der Waals surface area contributed by atoms with Gasteiger partial charge in [0.2, 0.25) is 11.9 Å². The van der Waals surface area contributed by atoms with Crippen molar-refractivity contribution in [1.29, 1.82) is 0 Å². The van der Waals surface area contributed by atoms with Gasteiger partial charge in [0.1, 0.15) is 0 Å². The molecule has 1 unspecified atom stereocenters. The number of amides is 1. The molecule has 1 saturated carbocycles. The predicted octanol–water partition coefficient (Wildman–Crippen LogP) is 1.77. The van der Waals surface area contributed by atoms with Crippen LogP contribution in [0.5, 0.6) is 0 Å². The number of nitrogens with zero attached hydrogens (tertiary/aromatic N) is 4. The SMILES string of the molecule is O=C(/C=C/c1cccnc1)NCCC1[C@H]2CN(c3ncccn3)C[C@@H]12. The van der Waals surface area contributed by atoms with Crippen LogP contribution < -0.4 is 10.2 Å². The third kappa shape index (κ3) is 3.68. The molecule has 3 atom stereocenters. The first-order valence-corrected chi connectivity index (χ1v) is 8.69. The van der Waals surface area contributed by atoms with E-state index in [1.165, 1.54) is 0 Å². The van der Waals surface area contributed by atoms with Crippen molar-refractivity contribution >= 4 is 17.9 Å². The number of fused-ring (bicyclic) bond motifs is 1. The molecule has 0 bridgehead atoms. The fourth-order valence-corrected chi connectivity index (χ4v) is 3.76. The van der Waals surface area contributed by atoms with E-state index in [1.54, 1.807) is 36.9 Å². The number of carbonyl (C=O) groups is 1. The molecule has 2 aromatic rings. The van der Waals surface area contributed by atoms with Crippen LogP contribution in [0.1, 0.15) is 12.0 Å². The minimum Gasteiger partial charge on any atom is -0.353 e. The van der Waals surface area contributed by atoms with Crippen molar-refractivity contribution in [3.63, 3.8) is 0 Å². The molecule has 2 fully saturated rings. The first-order valence-electron chi connectivity index (χ1n) is 8.69. The van der Waals surface area contributed by atoms with Gasteiger partial charge in [-0.1, -0.05) is 6.07 Å². The molecular formula is C19H21N5O. The predicted molar refractivity (Wildman–Crippen MR) is 95.6 cm³/mol. The highest BCUT2D eigenvalue weighted by molar-refractivity contribution is 5.91. The van der Waals surface area contributed by atoms with Crippen LogP contribution in [0.4, 0.5) is 5.95 Å². The topological polar surface area (TPSA) is 71.0 Å². The van der Waals surface area contributed by atoms with E-state index in [0.717, 1.165) is 55.3 Å². The maximum atomic E-state index is 11.9. The van der Waals surface area contributed by atoms with E-state index in [4.69, 9.17) is 0 Å². The van der Waals surface area contributed by atoms with Gasteiger partial charge in [0.15, 0.2) is 0 Å². The number of carbonyl (C=O) groups excluding carboxylic acids is 1. The molecule has 4 rings (SSSR count). The number of hydrogen-bond donors (Lipinski definition) is 1.